The maximum atomic E-state index is 12.7. The summed E-state index contributed by atoms with van der Waals surface area (Å²) >= 11 is 0. The lowest BCUT2D eigenvalue weighted by molar-refractivity contribution is -0.123. The molecule has 1 saturated heterocycles. The van der Waals surface area contributed by atoms with Crippen molar-refractivity contribution in [1.29, 1.82) is 0 Å². The maximum absolute atomic E-state index is 12.7. The van der Waals surface area contributed by atoms with E-state index in [9.17, 15) is 14.7 Å². The molecule has 2 amide bonds. The SMILES string of the molecule is Nc1nccnc1C(=O)N1CCOCC(NC(=O)C[C@@H]2CCC[C@H]2O)C1. The molecule has 1 aliphatic heterocycles. The Bertz CT molecular complexity index is 656. The summed E-state index contributed by atoms with van der Waals surface area (Å²) in [5, 5.41) is 12.8. The van der Waals surface area contributed by atoms with Crippen molar-refractivity contribution in [3.63, 3.8) is 0 Å². The van der Waals surface area contributed by atoms with Gasteiger partial charge in [-0.15, -0.1) is 0 Å². The summed E-state index contributed by atoms with van der Waals surface area (Å²) in [7, 11) is 0. The number of hydrogen-bond donors (Lipinski definition) is 3. The third-order valence-corrected chi connectivity index (χ3v) is 4.91. The Kier molecular flexibility index (Phi) is 6.00. The average Bonchev–Trinajstić information content (AvgIpc) is 2.88. The van der Waals surface area contributed by atoms with Gasteiger partial charge in [0.2, 0.25) is 5.91 Å². The van der Waals surface area contributed by atoms with Crippen LogP contribution in [0, 0.1) is 5.92 Å². The lowest BCUT2D eigenvalue weighted by atomic mass is 10.0. The number of nitrogens with one attached hydrogen (secondary N) is 1. The third kappa shape index (κ3) is 4.47. The number of carbonyl (C=O) groups is 2. The number of anilines is 1. The van der Waals surface area contributed by atoms with Crippen LogP contribution in [0.1, 0.15) is 36.2 Å². The van der Waals surface area contributed by atoms with Gasteiger partial charge in [-0.2, -0.15) is 0 Å². The van der Waals surface area contributed by atoms with Crippen LogP contribution in [0.4, 0.5) is 5.82 Å². The van der Waals surface area contributed by atoms with Gasteiger partial charge >= 0.3 is 0 Å². The molecule has 1 saturated carbocycles. The van der Waals surface area contributed by atoms with Crippen LogP contribution in [-0.2, 0) is 9.53 Å². The zero-order valence-corrected chi connectivity index (χ0v) is 14.6. The van der Waals surface area contributed by atoms with Crippen molar-refractivity contribution in [2.75, 3.05) is 32.0 Å². The molecule has 2 heterocycles. The Morgan fingerprint density at radius 1 is 1.35 bits per heavy atom. The summed E-state index contributed by atoms with van der Waals surface area (Å²) in [6, 6.07) is -0.314. The van der Waals surface area contributed by atoms with Gasteiger partial charge in [0.05, 0.1) is 25.4 Å². The molecule has 2 aliphatic rings. The molecule has 0 bridgehead atoms. The van der Waals surface area contributed by atoms with Crippen molar-refractivity contribution >= 4 is 17.6 Å². The Balaban J connectivity index is 1.59. The monoisotopic (exact) mass is 363 g/mol. The predicted molar refractivity (Wildman–Crippen MR) is 93.1 cm³/mol. The number of nitrogens with zero attached hydrogens (tertiary/aromatic N) is 3. The minimum Gasteiger partial charge on any atom is -0.393 e. The molecule has 0 radical (unpaired) electrons. The molecule has 0 spiro atoms. The maximum Gasteiger partial charge on any atom is 0.276 e. The fourth-order valence-corrected chi connectivity index (χ4v) is 3.53. The number of hydrogen-bond acceptors (Lipinski definition) is 7. The molecule has 3 rings (SSSR count). The van der Waals surface area contributed by atoms with Crippen molar-refractivity contribution in [2.24, 2.45) is 5.92 Å². The zero-order chi connectivity index (χ0) is 18.5. The van der Waals surface area contributed by atoms with Crippen molar-refractivity contribution in [3.8, 4) is 0 Å². The van der Waals surface area contributed by atoms with Gasteiger partial charge in [-0.05, 0) is 18.8 Å². The lowest BCUT2D eigenvalue weighted by Crippen LogP contribution is -2.47. The molecule has 1 aliphatic carbocycles. The summed E-state index contributed by atoms with van der Waals surface area (Å²) in [4.78, 5) is 34.4. The molecule has 4 N–H and O–H groups in total. The first-order chi connectivity index (χ1) is 12.5. The topological polar surface area (TPSA) is 131 Å². The van der Waals surface area contributed by atoms with Gasteiger partial charge < -0.3 is 25.8 Å². The normalized spacial score (nSPS) is 26.3. The van der Waals surface area contributed by atoms with E-state index < -0.39 is 6.10 Å². The Hall–Kier alpha value is -2.26. The number of amides is 2. The largest absolute Gasteiger partial charge is 0.393 e. The number of aliphatic hydroxyl groups is 1. The van der Waals surface area contributed by atoms with E-state index >= 15 is 0 Å². The van der Waals surface area contributed by atoms with Crippen LogP contribution in [0.2, 0.25) is 0 Å². The molecule has 1 unspecified atom stereocenters. The van der Waals surface area contributed by atoms with Crippen LogP contribution >= 0.6 is 0 Å². The van der Waals surface area contributed by atoms with E-state index in [1.165, 1.54) is 12.4 Å². The second-order valence-corrected chi connectivity index (χ2v) is 6.84. The minimum absolute atomic E-state index is 0.0128. The molecule has 2 fully saturated rings. The Labute approximate surface area is 151 Å². The first-order valence-corrected chi connectivity index (χ1v) is 8.95. The molecule has 1 aromatic heterocycles. The molecule has 26 heavy (non-hydrogen) atoms. The molecular weight excluding hydrogens is 338 g/mol. The van der Waals surface area contributed by atoms with Crippen molar-refractivity contribution < 1.29 is 19.4 Å². The highest BCUT2D eigenvalue weighted by molar-refractivity contribution is 5.96. The second kappa shape index (κ2) is 8.41. The van der Waals surface area contributed by atoms with E-state index in [1.54, 1.807) is 4.90 Å². The number of carbonyl (C=O) groups excluding carboxylic acids is 2. The summed E-state index contributed by atoms with van der Waals surface area (Å²) in [6.07, 6.45) is 5.32. The number of rotatable bonds is 4. The zero-order valence-electron chi connectivity index (χ0n) is 14.6. The van der Waals surface area contributed by atoms with Gasteiger partial charge in [-0.25, -0.2) is 9.97 Å². The molecular formula is C17H25N5O4. The smallest absolute Gasteiger partial charge is 0.276 e. The fraction of sp³-hybridized carbons (Fsp3) is 0.647. The van der Waals surface area contributed by atoms with Crippen LogP contribution < -0.4 is 11.1 Å². The fourth-order valence-electron chi connectivity index (χ4n) is 3.53. The predicted octanol–water partition coefficient (Wildman–Crippen LogP) is -0.433. The van der Waals surface area contributed by atoms with Gasteiger partial charge in [0.1, 0.15) is 0 Å². The van der Waals surface area contributed by atoms with Gasteiger partial charge in [0.15, 0.2) is 11.5 Å². The van der Waals surface area contributed by atoms with Crippen LogP contribution in [0.15, 0.2) is 12.4 Å². The molecule has 9 nitrogen and oxygen atoms in total. The van der Waals surface area contributed by atoms with Crippen LogP contribution in [0.3, 0.4) is 0 Å². The quantitative estimate of drug-likeness (QED) is 0.661. The Morgan fingerprint density at radius 2 is 2.15 bits per heavy atom. The molecule has 142 valence electrons. The van der Waals surface area contributed by atoms with Gasteiger partial charge in [-0.3, -0.25) is 9.59 Å². The number of nitrogens with two attached hydrogens (primary N) is 1. The highest BCUT2D eigenvalue weighted by Crippen LogP contribution is 2.28. The van der Waals surface area contributed by atoms with Crippen molar-refractivity contribution in [2.45, 2.75) is 37.8 Å². The highest BCUT2D eigenvalue weighted by atomic mass is 16.5. The number of nitrogen functional groups attached to an aromatic ring is 1. The van der Waals surface area contributed by atoms with E-state index in [2.05, 4.69) is 15.3 Å². The lowest BCUT2D eigenvalue weighted by Gasteiger charge is -2.24. The molecule has 9 heteroatoms. The van der Waals surface area contributed by atoms with E-state index in [1.807, 2.05) is 0 Å². The minimum atomic E-state index is -0.399. The van der Waals surface area contributed by atoms with Crippen LogP contribution in [0.5, 0.6) is 0 Å². The van der Waals surface area contributed by atoms with Gasteiger partial charge in [0, 0.05) is 31.9 Å². The molecule has 1 aromatic rings. The van der Waals surface area contributed by atoms with E-state index in [-0.39, 0.29) is 35.3 Å². The molecule has 0 aromatic carbocycles. The Morgan fingerprint density at radius 3 is 2.88 bits per heavy atom. The first-order valence-electron chi connectivity index (χ1n) is 8.95. The summed E-state index contributed by atoms with van der Waals surface area (Å²) < 4.78 is 5.52. The number of aromatic nitrogens is 2. The van der Waals surface area contributed by atoms with E-state index in [4.69, 9.17) is 10.5 Å². The highest BCUT2D eigenvalue weighted by Gasteiger charge is 2.30. The van der Waals surface area contributed by atoms with Crippen LogP contribution in [-0.4, -0.2) is 70.2 Å². The third-order valence-electron chi connectivity index (χ3n) is 4.91. The van der Waals surface area contributed by atoms with Crippen molar-refractivity contribution in [1.82, 2.24) is 20.2 Å². The first kappa shape index (κ1) is 18.5. The van der Waals surface area contributed by atoms with E-state index in [0.29, 0.717) is 32.7 Å². The summed E-state index contributed by atoms with van der Waals surface area (Å²) in [5.41, 5.74) is 5.85. The van der Waals surface area contributed by atoms with Gasteiger partial charge in [0.25, 0.3) is 5.91 Å². The summed E-state index contributed by atoms with van der Waals surface area (Å²) in [6.45, 7) is 1.41. The standard InChI is InChI=1S/C17H25N5O4/c18-16-15(19-4-5-20-16)17(25)22-6-7-26-10-12(9-22)21-14(24)8-11-2-1-3-13(11)23/h4-5,11-13,23H,1-3,6-10H2,(H2,18,20)(H,21,24)/t11-,12?,13+/m0/s1. The van der Waals surface area contributed by atoms with Gasteiger partial charge in [-0.1, -0.05) is 6.42 Å². The second-order valence-electron chi connectivity index (χ2n) is 6.84. The van der Waals surface area contributed by atoms with Crippen molar-refractivity contribution in [3.05, 3.63) is 18.1 Å². The van der Waals surface area contributed by atoms with E-state index in [0.717, 1.165) is 19.3 Å². The molecule has 3 atom stereocenters. The number of ether oxygens (including phenoxy) is 1. The summed E-state index contributed by atoms with van der Waals surface area (Å²) in [5.74, 6) is -0.360. The van der Waals surface area contributed by atoms with Crippen LogP contribution in [0.25, 0.3) is 0 Å². The average molecular weight is 363 g/mol. The number of aliphatic hydroxyl groups excluding tert-OH is 1.